The number of carbonyl (C=O) groups excluding carboxylic acids is 1. The fraction of sp³-hybridized carbons (Fsp3) is 0.316. The first-order chi connectivity index (χ1) is 11.0. The van der Waals surface area contributed by atoms with Gasteiger partial charge >= 0.3 is 0 Å². The van der Waals surface area contributed by atoms with Gasteiger partial charge in [0.05, 0.1) is 6.04 Å². The molecule has 3 atom stereocenters. The second kappa shape index (κ2) is 6.54. The van der Waals surface area contributed by atoms with Crippen molar-refractivity contribution in [2.75, 3.05) is 7.05 Å². The molecule has 0 bridgehead atoms. The summed E-state index contributed by atoms with van der Waals surface area (Å²) >= 11 is 12.3. The molecule has 2 aromatic carbocycles. The van der Waals surface area contributed by atoms with Crippen molar-refractivity contribution in [2.45, 2.75) is 25.3 Å². The molecule has 4 heteroatoms. The average molecular weight is 348 g/mol. The van der Waals surface area contributed by atoms with E-state index in [2.05, 4.69) is 0 Å². The van der Waals surface area contributed by atoms with Crippen LogP contribution in [0.15, 0.2) is 48.5 Å². The predicted octanol–water partition coefficient (Wildman–Crippen LogP) is 5.32. The Labute approximate surface area is 147 Å². The fourth-order valence-corrected chi connectivity index (χ4v) is 3.50. The number of hydrogen-bond donors (Lipinski definition) is 0. The van der Waals surface area contributed by atoms with Crippen molar-refractivity contribution >= 4 is 29.1 Å². The van der Waals surface area contributed by atoms with E-state index in [1.807, 2.05) is 67.4 Å². The molecule has 1 amide bonds. The van der Waals surface area contributed by atoms with Gasteiger partial charge in [-0.3, -0.25) is 4.79 Å². The van der Waals surface area contributed by atoms with E-state index in [4.69, 9.17) is 23.2 Å². The van der Waals surface area contributed by atoms with Gasteiger partial charge in [-0.2, -0.15) is 0 Å². The topological polar surface area (TPSA) is 20.3 Å². The molecule has 0 N–H and O–H groups in total. The highest BCUT2D eigenvalue weighted by Gasteiger charge is 2.46. The van der Waals surface area contributed by atoms with E-state index < -0.39 is 0 Å². The molecule has 0 aliphatic heterocycles. The minimum atomic E-state index is -0.00584. The molecule has 3 rings (SSSR count). The Morgan fingerprint density at radius 3 is 2.61 bits per heavy atom. The summed E-state index contributed by atoms with van der Waals surface area (Å²) in [5.74, 6) is 0.439. The van der Waals surface area contributed by atoms with Gasteiger partial charge in [-0.15, -0.1) is 0 Å². The number of nitrogens with zero attached hydrogens (tertiary/aromatic N) is 1. The van der Waals surface area contributed by atoms with Crippen LogP contribution < -0.4 is 0 Å². The van der Waals surface area contributed by atoms with Crippen LogP contribution in [0.3, 0.4) is 0 Å². The molecule has 1 saturated carbocycles. The zero-order valence-corrected chi connectivity index (χ0v) is 14.7. The standard InChI is InChI=1S/C19H19Cl2NO/c1-12(13-6-5-7-14(20)10-13)22(2)19(23)17-11-16(17)15-8-3-4-9-18(15)21/h3-10,12,16-17H,11H2,1-2H3. The molecule has 0 spiro atoms. The molecule has 0 radical (unpaired) electrons. The molecule has 1 aliphatic carbocycles. The maximum absolute atomic E-state index is 12.7. The molecule has 120 valence electrons. The van der Waals surface area contributed by atoms with Crippen molar-refractivity contribution in [3.63, 3.8) is 0 Å². The van der Waals surface area contributed by atoms with Crippen LogP contribution in [0.1, 0.15) is 36.4 Å². The monoisotopic (exact) mass is 347 g/mol. The predicted molar refractivity (Wildman–Crippen MR) is 94.9 cm³/mol. The molecule has 23 heavy (non-hydrogen) atoms. The number of benzene rings is 2. The quantitative estimate of drug-likeness (QED) is 0.733. The van der Waals surface area contributed by atoms with Gasteiger partial charge in [-0.1, -0.05) is 53.5 Å². The van der Waals surface area contributed by atoms with E-state index in [9.17, 15) is 4.79 Å². The van der Waals surface area contributed by atoms with Crippen molar-refractivity contribution in [1.29, 1.82) is 0 Å². The molecule has 2 nitrogen and oxygen atoms in total. The van der Waals surface area contributed by atoms with Crippen LogP contribution in [0.2, 0.25) is 10.0 Å². The zero-order chi connectivity index (χ0) is 16.6. The summed E-state index contributed by atoms with van der Waals surface area (Å²) in [5, 5.41) is 1.44. The minimum absolute atomic E-state index is 0.00584. The summed E-state index contributed by atoms with van der Waals surface area (Å²) in [6.45, 7) is 2.02. The molecule has 0 saturated heterocycles. The summed E-state index contributed by atoms with van der Waals surface area (Å²) in [6.07, 6.45) is 0.870. The SMILES string of the molecule is CC(c1cccc(Cl)c1)N(C)C(=O)C1CC1c1ccccc1Cl. The second-order valence-corrected chi connectivity index (χ2v) is 6.99. The van der Waals surface area contributed by atoms with Crippen molar-refractivity contribution in [3.05, 3.63) is 69.7 Å². The number of amides is 1. The summed E-state index contributed by atoms with van der Waals surface area (Å²) in [5.41, 5.74) is 2.12. The summed E-state index contributed by atoms with van der Waals surface area (Å²) in [7, 11) is 1.86. The van der Waals surface area contributed by atoms with E-state index in [1.54, 1.807) is 0 Å². The van der Waals surface area contributed by atoms with E-state index in [0.717, 1.165) is 22.6 Å². The van der Waals surface area contributed by atoms with Gasteiger partial charge in [0.15, 0.2) is 0 Å². The third kappa shape index (κ3) is 3.39. The third-order valence-corrected chi connectivity index (χ3v) is 5.25. The lowest BCUT2D eigenvalue weighted by Crippen LogP contribution is -2.31. The lowest BCUT2D eigenvalue weighted by atomic mass is 10.1. The van der Waals surface area contributed by atoms with Gasteiger partial charge in [-0.25, -0.2) is 0 Å². The van der Waals surface area contributed by atoms with Crippen molar-refractivity contribution in [1.82, 2.24) is 4.90 Å². The maximum atomic E-state index is 12.7. The van der Waals surface area contributed by atoms with E-state index in [0.29, 0.717) is 5.02 Å². The first-order valence-corrected chi connectivity index (χ1v) is 8.51. The lowest BCUT2D eigenvalue weighted by Gasteiger charge is -2.26. The average Bonchev–Trinajstić information content (AvgIpc) is 3.33. The van der Waals surface area contributed by atoms with Gasteiger partial charge in [0.1, 0.15) is 0 Å². The summed E-state index contributed by atoms with van der Waals surface area (Å²) in [4.78, 5) is 14.6. The lowest BCUT2D eigenvalue weighted by molar-refractivity contribution is -0.133. The highest BCUT2D eigenvalue weighted by Crippen LogP contribution is 2.50. The van der Waals surface area contributed by atoms with E-state index in [-0.39, 0.29) is 23.8 Å². The van der Waals surface area contributed by atoms with Gasteiger partial charge in [0.2, 0.25) is 5.91 Å². The summed E-state index contributed by atoms with van der Waals surface area (Å²) < 4.78 is 0. The van der Waals surface area contributed by atoms with Crippen LogP contribution in [0, 0.1) is 5.92 Å². The van der Waals surface area contributed by atoms with Crippen LogP contribution in [0.4, 0.5) is 0 Å². The normalized spacial score (nSPS) is 20.9. The maximum Gasteiger partial charge on any atom is 0.226 e. The smallest absolute Gasteiger partial charge is 0.226 e. The van der Waals surface area contributed by atoms with Crippen molar-refractivity contribution in [2.24, 2.45) is 5.92 Å². The Morgan fingerprint density at radius 1 is 1.17 bits per heavy atom. The number of hydrogen-bond acceptors (Lipinski definition) is 1. The molecule has 1 aliphatic rings. The van der Waals surface area contributed by atoms with Gasteiger partial charge < -0.3 is 4.90 Å². The molecular formula is C19H19Cl2NO. The molecule has 1 fully saturated rings. The van der Waals surface area contributed by atoms with Crippen LogP contribution in [-0.4, -0.2) is 17.9 Å². The Hall–Kier alpha value is -1.51. The Balaban J connectivity index is 1.71. The zero-order valence-electron chi connectivity index (χ0n) is 13.2. The molecule has 2 aromatic rings. The van der Waals surface area contributed by atoms with Crippen molar-refractivity contribution < 1.29 is 4.79 Å². The number of carbonyl (C=O) groups is 1. The van der Waals surface area contributed by atoms with Gasteiger partial charge in [-0.05, 0) is 48.6 Å². The van der Waals surface area contributed by atoms with E-state index in [1.165, 1.54) is 0 Å². The van der Waals surface area contributed by atoms with Gasteiger partial charge in [0, 0.05) is 23.0 Å². The second-order valence-electron chi connectivity index (χ2n) is 6.15. The first kappa shape index (κ1) is 16.4. The fourth-order valence-electron chi connectivity index (χ4n) is 3.03. The molecule has 0 aromatic heterocycles. The molecule has 3 unspecified atom stereocenters. The number of rotatable bonds is 4. The molecular weight excluding hydrogens is 329 g/mol. The highest BCUT2D eigenvalue weighted by molar-refractivity contribution is 6.31. The third-order valence-electron chi connectivity index (χ3n) is 4.67. The van der Waals surface area contributed by atoms with Crippen LogP contribution in [-0.2, 0) is 4.79 Å². The minimum Gasteiger partial charge on any atom is -0.339 e. The summed E-state index contributed by atoms with van der Waals surface area (Å²) in [6, 6.07) is 15.4. The van der Waals surface area contributed by atoms with E-state index >= 15 is 0 Å². The van der Waals surface area contributed by atoms with Crippen molar-refractivity contribution in [3.8, 4) is 0 Å². The van der Waals surface area contributed by atoms with Gasteiger partial charge in [0.25, 0.3) is 0 Å². The largest absolute Gasteiger partial charge is 0.339 e. The van der Waals surface area contributed by atoms with Crippen LogP contribution in [0.5, 0.6) is 0 Å². The Bertz CT molecular complexity index is 731. The molecule has 0 heterocycles. The highest BCUT2D eigenvalue weighted by atomic mass is 35.5. The van der Waals surface area contributed by atoms with Crippen LogP contribution >= 0.6 is 23.2 Å². The van der Waals surface area contributed by atoms with Crippen LogP contribution in [0.25, 0.3) is 0 Å². The Morgan fingerprint density at radius 2 is 1.91 bits per heavy atom. The number of halogens is 2. The first-order valence-electron chi connectivity index (χ1n) is 7.75. The Kier molecular flexibility index (Phi) is 4.65.